The number of carbonyl (C=O) groups excluding carboxylic acids is 1. The molecule has 3 atom stereocenters. The van der Waals surface area contributed by atoms with Crippen molar-refractivity contribution in [3.63, 3.8) is 0 Å². The molecule has 3 rings (SSSR count). The van der Waals surface area contributed by atoms with Gasteiger partial charge in [0.05, 0.1) is 0 Å². The lowest BCUT2D eigenvalue weighted by atomic mass is 9.76. The molecule has 3 unspecified atom stereocenters. The monoisotopic (exact) mass is 329 g/mol. The second-order valence-electron chi connectivity index (χ2n) is 7.67. The molecule has 0 saturated carbocycles. The molecule has 2 fully saturated rings. The van der Waals surface area contributed by atoms with Crippen molar-refractivity contribution in [2.45, 2.75) is 76.4 Å². The number of hydrogen-bond donors (Lipinski definition) is 0. The molecule has 0 radical (unpaired) electrons. The van der Waals surface area contributed by atoms with E-state index in [1.807, 2.05) is 0 Å². The SMILES string of the molecule is CCCCC1(OC(C)=O)CCN2CC(c3ccccc3)CCC2C1. The summed E-state index contributed by atoms with van der Waals surface area (Å²) in [6, 6.07) is 11.5. The first-order valence-corrected chi connectivity index (χ1v) is 9.60. The molecule has 0 spiro atoms. The van der Waals surface area contributed by atoms with Crippen molar-refractivity contribution >= 4 is 5.97 Å². The molecular weight excluding hydrogens is 298 g/mol. The maximum Gasteiger partial charge on any atom is 0.303 e. The average molecular weight is 329 g/mol. The summed E-state index contributed by atoms with van der Waals surface area (Å²) in [5.74, 6) is 0.539. The highest BCUT2D eigenvalue weighted by Crippen LogP contribution is 2.41. The molecule has 0 amide bonds. The zero-order valence-electron chi connectivity index (χ0n) is 15.2. The molecule has 1 aromatic rings. The largest absolute Gasteiger partial charge is 0.459 e. The number of esters is 1. The Bertz CT molecular complexity index is 544. The van der Waals surface area contributed by atoms with Gasteiger partial charge in [-0.15, -0.1) is 0 Å². The normalized spacial score (nSPS) is 30.6. The molecule has 2 saturated heterocycles. The first-order valence-electron chi connectivity index (χ1n) is 9.60. The van der Waals surface area contributed by atoms with Gasteiger partial charge in [-0.1, -0.05) is 43.7 Å². The molecule has 132 valence electrons. The Morgan fingerprint density at radius 3 is 2.79 bits per heavy atom. The van der Waals surface area contributed by atoms with Crippen LogP contribution in [0.25, 0.3) is 0 Å². The summed E-state index contributed by atoms with van der Waals surface area (Å²) in [7, 11) is 0. The Morgan fingerprint density at radius 2 is 2.08 bits per heavy atom. The first-order chi connectivity index (χ1) is 11.6. The van der Waals surface area contributed by atoms with Crippen LogP contribution < -0.4 is 0 Å². The zero-order chi connectivity index (χ0) is 17.0. The van der Waals surface area contributed by atoms with Crippen molar-refractivity contribution in [2.75, 3.05) is 13.1 Å². The van der Waals surface area contributed by atoms with Gasteiger partial charge in [-0.3, -0.25) is 9.69 Å². The van der Waals surface area contributed by atoms with E-state index < -0.39 is 0 Å². The summed E-state index contributed by atoms with van der Waals surface area (Å²) in [5.41, 5.74) is 1.27. The smallest absolute Gasteiger partial charge is 0.303 e. The van der Waals surface area contributed by atoms with Gasteiger partial charge < -0.3 is 4.74 Å². The highest BCUT2D eigenvalue weighted by Gasteiger charge is 2.43. The van der Waals surface area contributed by atoms with Gasteiger partial charge in [-0.05, 0) is 43.6 Å². The second-order valence-corrected chi connectivity index (χ2v) is 7.67. The fraction of sp³-hybridized carbons (Fsp3) is 0.667. The van der Waals surface area contributed by atoms with Crippen LogP contribution in [0.1, 0.15) is 70.3 Å². The second kappa shape index (κ2) is 7.69. The Kier molecular flexibility index (Phi) is 5.60. The van der Waals surface area contributed by atoms with Crippen LogP contribution in [0.2, 0.25) is 0 Å². The number of nitrogens with zero attached hydrogens (tertiary/aromatic N) is 1. The summed E-state index contributed by atoms with van der Waals surface area (Å²) < 4.78 is 5.88. The standard InChI is InChI=1S/C21H31NO2/c1-3-4-12-21(24-17(2)23)13-14-22-16-19(10-11-20(22)15-21)18-8-6-5-7-9-18/h5-9,19-20H,3-4,10-16H2,1-2H3. The minimum Gasteiger partial charge on any atom is -0.459 e. The predicted molar refractivity (Wildman–Crippen MR) is 97.0 cm³/mol. The maximum atomic E-state index is 11.6. The van der Waals surface area contributed by atoms with E-state index in [4.69, 9.17) is 4.74 Å². The van der Waals surface area contributed by atoms with E-state index in [1.165, 1.54) is 18.4 Å². The summed E-state index contributed by atoms with van der Waals surface area (Å²) in [5, 5.41) is 0. The van der Waals surface area contributed by atoms with Gasteiger partial charge in [0.1, 0.15) is 5.60 Å². The van der Waals surface area contributed by atoms with Crippen LogP contribution >= 0.6 is 0 Å². The number of hydrogen-bond acceptors (Lipinski definition) is 3. The number of carbonyl (C=O) groups is 1. The van der Waals surface area contributed by atoms with E-state index in [-0.39, 0.29) is 11.6 Å². The quantitative estimate of drug-likeness (QED) is 0.744. The fourth-order valence-corrected chi connectivity index (χ4v) is 4.66. The van der Waals surface area contributed by atoms with Gasteiger partial charge in [0.15, 0.2) is 0 Å². The van der Waals surface area contributed by atoms with Crippen molar-refractivity contribution in [1.29, 1.82) is 0 Å². The van der Waals surface area contributed by atoms with Crippen LogP contribution in [0, 0.1) is 0 Å². The summed E-state index contributed by atoms with van der Waals surface area (Å²) in [4.78, 5) is 14.3. The fourth-order valence-electron chi connectivity index (χ4n) is 4.66. The molecule has 2 aliphatic heterocycles. The number of benzene rings is 1. The summed E-state index contributed by atoms with van der Waals surface area (Å²) in [6.07, 6.45) is 7.80. The number of unbranched alkanes of at least 4 members (excludes halogenated alkanes) is 1. The van der Waals surface area contributed by atoms with E-state index in [0.29, 0.717) is 12.0 Å². The molecule has 3 nitrogen and oxygen atoms in total. The van der Waals surface area contributed by atoms with E-state index in [1.54, 1.807) is 6.92 Å². The van der Waals surface area contributed by atoms with Crippen molar-refractivity contribution in [3.05, 3.63) is 35.9 Å². The Balaban J connectivity index is 1.66. The molecule has 2 heterocycles. The summed E-state index contributed by atoms with van der Waals surface area (Å²) in [6.45, 7) is 5.98. The van der Waals surface area contributed by atoms with Crippen molar-refractivity contribution in [2.24, 2.45) is 0 Å². The van der Waals surface area contributed by atoms with Gasteiger partial charge in [0.25, 0.3) is 0 Å². The van der Waals surface area contributed by atoms with Crippen LogP contribution in [0.3, 0.4) is 0 Å². The molecular formula is C21H31NO2. The van der Waals surface area contributed by atoms with Gasteiger partial charge in [-0.25, -0.2) is 0 Å². The summed E-state index contributed by atoms with van der Waals surface area (Å²) >= 11 is 0. The van der Waals surface area contributed by atoms with Gasteiger partial charge in [0, 0.05) is 32.5 Å². The molecule has 0 aliphatic carbocycles. The topological polar surface area (TPSA) is 29.5 Å². The van der Waals surface area contributed by atoms with Crippen LogP contribution in [-0.2, 0) is 9.53 Å². The van der Waals surface area contributed by atoms with E-state index in [0.717, 1.165) is 45.2 Å². The number of ether oxygens (including phenoxy) is 1. The third-order valence-electron chi connectivity index (χ3n) is 5.90. The minimum atomic E-state index is -0.206. The molecule has 0 bridgehead atoms. The highest BCUT2D eigenvalue weighted by molar-refractivity contribution is 5.66. The average Bonchev–Trinajstić information content (AvgIpc) is 2.60. The van der Waals surface area contributed by atoms with Crippen LogP contribution in [-0.4, -0.2) is 35.6 Å². The lowest BCUT2D eigenvalue weighted by Gasteiger charge is -2.49. The third-order valence-corrected chi connectivity index (χ3v) is 5.90. The van der Waals surface area contributed by atoms with Gasteiger partial charge in [-0.2, -0.15) is 0 Å². The van der Waals surface area contributed by atoms with Gasteiger partial charge >= 0.3 is 5.97 Å². The van der Waals surface area contributed by atoms with Crippen LogP contribution in [0.4, 0.5) is 0 Å². The van der Waals surface area contributed by atoms with Crippen LogP contribution in [0.15, 0.2) is 30.3 Å². The lowest BCUT2D eigenvalue weighted by Crippen LogP contribution is -2.54. The number of rotatable bonds is 5. The molecule has 3 heteroatoms. The molecule has 1 aromatic carbocycles. The molecule has 24 heavy (non-hydrogen) atoms. The maximum absolute atomic E-state index is 11.6. The number of fused-ring (bicyclic) bond motifs is 1. The van der Waals surface area contributed by atoms with Crippen molar-refractivity contribution < 1.29 is 9.53 Å². The Morgan fingerprint density at radius 1 is 1.29 bits per heavy atom. The van der Waals surface area contributed by atoms with E-state index >= 15 is 0 Å². The zero-order valence-corrected chi connectivity index (χ0v) is 15.2. The molecule has 0 N–H and O–H groups in total. The highest BCUT2D eigenvalue weighted by atomic mass is 16.6. The predicted octanol–water partition coefficient (Wildman–Crippen LogP) is 4.52. The van der Waals surface area contributed by atoms with E-state index in [9.17, 15) is 4.79 Å². The Hall–Kier alpha value is -1.35. The number of piperidine rings is 2. The molecule has 2 aliphatic rings. The van der Waals surface area contributed by atoms with Gasteiger partial charge in [0.2, 0.25) is 0 Å². The van der Waals surface area contributed by atoms with Crippen LogP contribution in [0.5, 0.6) is 0 Å². The van der Waals surface area contributed by atoms with E-state index in [2.05, 4.69) is 42.2 Å². The lowest BCUT2D eigenvalue weighted by molar-refractivity contribution is -0.167. The Labute approximate surface area is 146 Å². The molecule has 0 aromatic heterocycles. The minimum absolute atomic E-state index is 0.113. The first kappa shape index (κ1) is 17.5. The van der Waals surface area contributed by atoms with Crippen molar-refractivity contribution in [1.82, 2.24) is 4.90 Å². The third kappa shape index (κ3) is 4.00. The van der Waals surface area contributed by atoms with Crippen molar-refractivity contribution in [3.8, 4) is 0 Å².